The second-order valence-electron chi connectivity index (χ2n) is 7.55. The Bertz CT molecular complexity index is 625. The maximum atomic E-state index is 12.9. The van der Waals surface area contributed by atoms with Gasteiger partial charge in [-0.3, -0.25) is 9.59 Å². The summed E-state index contributed by atoms with van der Waals surface area (Å²) in [6.07, 6.45) is 4.31. The van der Waals surface area contributed by atoms with Crippen molar-refractivity contribution in [3.63, 3.8) is 0 Å². The molecule has 1 unspecified atom stereocenters. The number of anilines is 1. The van der Waals surface area contributed by atoms with Crippen LogP contribution in [0.25, 0.3) is 0 Å². The number of nitrogens with zero attached hydrogens (tertiary/aromatic N) is 2. The van der Waals surface area contributed by atoms with Gasteiger partial charge in [0.05, 0.1) is 5.92 Å². The molecule has 2 heterocycles. The summed E-state index contributed by atoms with van der Waals surface area (Å²) in [7, 11) is 0. The first-order chi connectivity index (χ1) is 12.0. The number of aryl methyl sites for hydroxylation is 2. The molecule has 1 aromatic rings. The summed E-state index contributed by atoms with van der Waals surface area (Å²) in [5.74, 6) is 0.791. The molecule has 0 N–H and O–H groups in total. The van der Waals surface area contributed by atoms with Crippen LogP contribution in [0.5, 0.6) is 0 Å². The van der Waals surface area contributed by atoms with E-state index in [1.807, 2.05) is 9.80 Å². The van der Waals surface area contributed by atoms with Crippen molar-refractivity contribution in [2.45, 2.75) is 52.9 Å². The van der Waals surface area contributed by atoms with Gasteiger partial charge in [0.15, 0.2) is 0 Å². The Kier molecular flexibility index (Phi) is 5.45. The van der Waals surface area contributed by atoms with E-state index in [1.54, 1.807) is 0 Å². The molecule has 2 aliphatic rings. The fourth-order valence-corrected chi connectivity index (χ4v) is 4.14. The van der Waals surface area contributed by atoms with Gasteiger partial charge in [-0.05, 0) is 42.7 Å². The molecule has 0 spiro atoms. The van der Waals surface area contributed by atoms with Crippen LogP contribution in [0.4, 0.5) is 5.69 Å². The molecule has 1 aromatic carbocycles. The number of benzene rings is 1. The third kappa shape index (κ3) is 3.58. The monoisotopic (exact) mass is 342 g/mol. The van der Waals surface area contributed by atoms with Crippen molar-refractivity contribution in [3.05, 3.63) is 29.3 Å². The lowest BCUT2D eigenvalue weighted by Crippen LogP contribution is -2.42. The second kappa shape index (κ2) is 7.59. The van der Waals surface area contributed by atoms with E-state index in [0.29, 0.717) is 18.9 Å². The molecule has 2 amide bonds. The fourth-order valence-electron chi connectivity index (χ4n) is 4.14. The van der Waals surface area contributed by atoms with Gasteiger partial charge in [0.1, 0.15) is 0 Å². The maximum absolute atomic E-state index is 12.9. The molecular formula is C21H30N2O2. The molecule has 136 valence electrons. The number of likely N-dealkylation sites (tertiary alicyclic amines) is 1. The van der Waals surface area contributed by atoms with E-state index in [1.165, 1.54) is 11.1 Å². The van der Waals surface area contributed by atoms with Crippen molar-refractivity contribution in [1.82, 2.24) is 4.90 Å². The van der Waals surface area contributed by atoms with E-state index in [4.69, 9.17) is 0 Å². The number of rotatable bonds is 4. The van der Waals surface area contributed by atoms with Gasteiger partial charge in [-0.1, -0.05) is 39.0 Å². The highest BCUT2D eigenvalue weighted by atomic mass is 16.2. The topological polar surface area (TPSA) is 40.6 Å². The first kappa shape index (κ1) is 18.0. The van der Waals surface area contributed by atoms with E-state index < -0.39 is 0 Å². The van der Waals surface area contributed by atoms with Crippen LogP contribution in [-0.2, 0) is 22.4 Å². The van der Waals surface area contributed by atoms with Crippen LogP contribution in [0.3, 0.4) is 0 Å². The van der Waals surface area contributed by atoms with Gasteiger partial charge in [-0.25, -0.2) is 0 Å². The lowest BCUT2D eigenvalue weighted by Gasteiger charge is -2.32. The van der Waals surface area contributed by atoms with Gasteiger partial charge in [-0.2, -0.15) is 0 Å². The molecule has 0 saturated carbocycles. The Balaban J connectivity index is 1.78. The van der Waals surface area contributed by atoms with Crippen LogP contribution in [0.1, 0.15) is 51.2 Å². The SMILES string of the molecule is CCc1cccc(CC)c1N1CC(C(=O)N2CCC(C)CC2)CC1=O. The summed E-state index contributed by atoms with van der Waals surface area (Å²) < 4.78 is 0. The predicted molar refractivity (Wildman–Crippen MR) is 101 cm³/mol. The highest BCUT2D eigenvalue weighted by Gasteiger charge is 2.38. The number of piperidine rings is 1. The number of carbonyl (C=O) groups excluding carboxylic acids is 2. The molecule has 2 aliphatic heterocycles. The van der Waals surface area contributed by atoms with E-state index in [2.05, 4.69) is 39.0 Å². The van der Waals surface area contributed by atoms with Crippen LogP contribution >= 0.6 is 0 Å². The molecule has 2 saturated heterocycles. The van der Waals surface area contributed by atoms with E-state index in [9.17, 15) is 9.59 Å². The summed E-state index contributed by atoms with van der Waals surface area (Å²) in [6.45, 7) is 8.71. The summed E-state index contributed by atoms with van der Waals surface area (Å²) >= 11 is 0. The van der Waals surface area contributed by atoms with Crippen molar-refractivity contribution in [3.8, 4) is 0 Å². The number of amides is 2. The minimum atomic E-state index is -0.185. The zero-order chi connectivity index (χ0) is 18.0. The molecule has 1 atom stereocenters. The molecule has 3 rings (SSSR count). The third-order valence-corrected chi connectivity index (χ3v) is 5.80. The normalized spacial score (nSPS) is 21.9. The zero-order valence-corrected chi connectivity index (χ0v) is 15.8. The summed E-state index contributed by atoms with van der Waals surface area (Å²) in [4.78, 5) is 29.5. The van der Waals surface area contributed by atoms with Crippen LogP contribution in [0.15, 0.2) is 18.2 Å². The highest BCUT2D eigenvalue weighted by molar-refractivity contribution is 6.01. The Hall–Kier alpha value is -1.84. The lowest BCUT2D eigenvalue weighted by atomic mass is 9.97. The van der Waals surface area contributed by atoms with Crippen molar-refractivity contribution < 1.29 is 9.59 Å². The lowest BCUT2D eigenvalue weighted by molar-refractivity contribution is -0.137. The predicted octanol–water partition coefficient (Wildman–Crippen LogP) is 3.42. The van der Waals surface area contributed by atoms with E-state index in [-0.39, 0.29) is 17.7 Å². The fraction of sp³-hybridized carbons (Fsp3) is 0.619. The van der Waals surface area contributed by atoms with Gasteiger partial charge in [0.25, 0.3) is 0 Å². The smallest absolute Gasteiger partial charge is 0.228 e. The van der Waals surface area contributed by atoms with Crippen LogP contribution in [0, 0.1) is 11.8 Å². The first-order valence-electron chi connectivity index (χ1n) is 9.75. The second-order valence-corrected chi connectivity index (χ2v) is 7.55. The van der Waals surface area contributed by atoms with Crippen LogP contribution < -0.4 is 4.90 Å². The van der Waals surface area contributed by atoms with E-state index in [0.717, 1.165) is 44.5 Å². The number of carbonyl (C=O) groups is 2. The Labute approximate surface area is 151 Å². The highest BCUT2D eigenvalue weighted by Crippen LogP contribution is 2.33. The van der Waals surface area contributed by atoms with Gasteiger partial charge in [-0.15, -0.1) is 0 Å². The molecule has 0 aliphatic carbocycles. The van der Waals surface area contributed by atoms with Gasteiger partial charge in [0, 0.05) is 31.7 Å². The molecule has 4 heteroatoms. The summed E-state index contributed by atoms with van der Waals surface area (Å²) in [5.41, 5.74) is 3.46. The van der Waals surface area contributed by atoms with Gasteiger partial charge < -0.3 is 9.80 Å². The first-order valence-corrected chi connectivity index (χ1v) is 9.75. The molecule has 25 heavy (non-hydrogen) atoms. The molecule has 0 bridgehead atoms. The third-order valence-electron chi connectivity index (χ3n) is 5.80. The largest absolute Gasteiger partial charge is 0.342 e. The molecule has 0 radical (unpaired) electrons. The zero-order valence-electron chi connectivity index (χ0n) is 15.8. The number of para-hydroxylation sites is 1. The van der Waals surface area contributed by atoms with Crippen molar-refractivity contribution in [2.75, 3.05) is 24.5 Å². The van der Waals surface area contributed by atoms with Gasteiger partial charge >= 0.3 is 0 Å². The Morgan fingerprint density at radius 1 is 1.12 bits per heavy atom. The minimum absolute atomic E-state index is 0.0966. The minimum Gasteiger partial charge on any atom is -0.342 e. The summed E-state index contributed by atoms with van der Waals surface area (Å²) in [6, 6.07) is 6.27. The maximum Gasteiger partial charge on any atom is 0.228 e. The van der Waals surface area contributed by atoms with E-state index >= 15 is 0 Å². The molecule has 4 nitrogen and oxygen atoms in total. The van der Waals surface area contributed by atoms with Crippen molar-refractivity contribution in [1.29, 1.82) is 0 Å². The number of hydrogen-bond donors (Lipinski definition) is 0. The standard InChI is InChI=1S/C21H30N2O2/c1-4-16-7-6-8-17(5-2)20(16)23-14-18(13-19(23)24)21(25)22-11-9-15(3)10-12-22/h6-8,15,18H,4-5,9-14H2,1-3H3. The van der Waals surface area contributed by atoms with Crippen molar-refractivity contribution in [2.24, 2.45) is 11.8 Å². The summed E-state index contributed by atoms with van der Waals surface area (Å²) in [5, 5.41) is 0. The Morgan fingerprint density at radius 2 is 1.72 bits per heavy atom. The Morgan fingerprint density at radius 3 is 2.28 bits per heavy atom. The quantitative estimate of drug-likeness (QED) is 0.841. The average Bonchev–Trinajstić information content (AvgIpc) is 3.02. The number of hydrogen-bond acceptors (Lipinski definition) is 2. The van der Waals surface area contributed by atoms with Gasteiger partial charge in [0.2, 0.25) is 11.8 Å². The molecule has 2 fully saturated rings. The molecular weight excluding hydrogens is 312 g/mol. The average molecular weight is 342 g/mol. The van der Waals surface area contributed by atoms with Crippen LogP contribution in [0.2, 0.25) is 0 Å². The van der Waals surface area contributed by atoms with Crippen molar-refractivity contribution >= 4 is 17.5 Å². The van der Waals surface area contributed by atoms with Crippen LogP contribution in [-0.4, -0.2) is 36.3 Å². The molecule has 0 aromatic heterocycles.